The Balaban J connectivity index is 2.39. The van der Waals surface area contributed by atoms with Crippen LogP contribution in [0.1, 0.15) is 35.0 Å². The van der Waals surface area contributed by atoms with Crippen LogP contribution in [0.25, 0.3) is 10.9 Å². The van der Waals surface area contributed by atoms with Crippen molar-refractivity contribution in [1.82, 2.24) is 9.88 Å². The molecule has 1 heterocycles. The molecule has 0 spiro atoms. The van der Waals surface area contributed by atoms with Crippen molar-refractivity contribution < 1.29 is 14.7 Å². The van der Waals surface area contributed by atoms with E-state index >= 15 is 0 Å². The lowest BCUT2D eigenvalue weighted by Crippen LogP contribution is -2.41. The molecule has 21 heavy (non-hydrogen) atoms. The van der Waals surface area contributed by atoms with Crippen molar-refractivity contribution in [2.45, 2.75) is 33.2 Å². The van der Waals surface area contributed by atoms with Crippen LogP contribution in [0, 0.1) is 13.8 Å². The van der Waals surface area contributed by atoms with Gasteiger partial charge in [-0.3, -0.25) is 4.79 Å². The zero-order chi connectivity index (χ0) is 15.7. The Morgan fingerprint density at radius 3 is 2.57 bits per heavy atom. The van der Waals surface area contributed by atoms with Crippen LogP contribution >= 0.6 is 0 Å². The summed E-state index contributed by atoms with van der Waals surface area (Å²) in [5, 5.41) is 10.2. The Morgan fingerprint density at radius 2 is 2.00 bits per heavy atom. The number of amides is 1. The third-order valence-electron chi connectivity index (χ3n) is 4.01. The SMILES string of the molecule is CCC(C(=O)O)N(C)C(=O)c1ccc2[nH]c(C)c(C)c2c1. The van der Waals surface area contributed by atoms with Crippen LogP contribution < -0.4 is 0 Å². The monoisotopic (exact) mass is 288 g/mol. The number of hydrogen-bond acceptors (Lipinski definition) is 2. The first kappa shape index (κ1) is 15.1. The summed E-state index contributed by atoms with van der Waals surface area (Å²) in [6, 6.07) is 4.60. The number of carboxylic acid groups (broad SMARTS) is 1. The molecule has 0 radical (unpaired) electrons. The fourth-order valence-electron chi connectivity index (χ4n) is 2.55. The van der Waals surface area contributed by atoms with E-state index in [-0.39, 0.29) is 5.91 Å². The van der Waals surface area contributed by atoms with Gasteiger partial charge in [0.2, 0.25) is 0 Å². The van der Waals surface area contributed by atoms with Crippen LogP contribution in [0.4, 0.5) is 0 Å². The van der Waals surface area contributed by atoms with Crippen molar-refractivity contribution in [3.05, 3.63) is 35.0 Å². The third kappa shape index (κ3) is 2.63. The second-order valence-corrected chi connectivity index (χ2v) is 5.31. The predicted octanol–water partition coefficient (Wildman–Crippen LogP) is 2.72. The molecular formula is C16H20N2O3. The number of aliphatic carboxylic acids is 1. The predicted molar refractivity (Wildman–Crippen MR) is 81.6 cm³/mol. The largest absolute Gasteiger partial charge is 0.480 e. The van der Waals surface area contributed by atoms with Crippen LogP contribution in [-0.2, 0) is 4.79 Å². The number of H-pyrrole nitrogens is 1. The maximum atomic E-state index is 12.5. The number of nitrogens with one attached hydrogen (secondary N) is 1. The molecule has 2 rings (SSSR count). The summed E-state index contributed by atoms with van der Waals surface area (Å²) in [5.41, 5.74) is 3.66. The number of fused-ring (bicyclic) bond motifs is 1. The first-order valence-corrected chi connectivity index (χ1v) is 6.95. The second kappa shape index (κ2) is 5.60. The molecule has 5 heteroatoms. The van der Waals surface area contributed by atoms with Crippen molar-refractivity contribution in [3.8, 4) is 0 Å². The van der Waals surface area contributed by atoms with Gasteiger partial charge < -0.3 is 15.0 Å². The Morgan fingerprint density at radius 1 is 1.33 bits per heavy atom. The van der Waals surface area contributed by atoms with Gasteiger partial charge in [-0.1, -0.05) is 6.92 Å². The first-order valence-electron chi connectivity index (χ1n) is 6.95. The topological polar surface area (TPSA) is 73.4 Å². The zero-order valence-electron chi connectivity index (χ0n) is 12.7. The molecule has 1 amide bonds. The number of likely N-dealkylation sites (N-methyl/N-ethyl adjacent to an activating group) is 1. The highest BCUT2D eigenvalue weighted by atomic mass is 16.4. The van der Waals surface area contributed by atoms with E-state index in [9.17, 15) is 9.59 Å². The van der Waals surface area contributed by atoms with E-state index in [4.69, 9.17) is 5.11 Å². The molecule has 0 fully saturated rings. The summed E-state index contributed by atoms with van der Waals surface area (Å²) in [7, 11) is 1.53. The molecule has 1 atom stereocenters. The van der Waals surface area contributed by atoms with E-state index in [0.717, 1.165) is 22.2 Å². The molecule has 1 aromatic heterocycles. The molecule has 0 aliphatic rings. The van der Waals surface area contributed by atoms with Gasteiger partial charge in [0.15, 0.2) is 0 Å². The van der Waals surface area contributed by atoms with Gasteiger partial charge in [0.25, 0.3) is 5.91 Å². The average molecular weight is 288 g/mol. The summed E-state index contributed by atoms with van der Waals surface area (Å²) in [6.45, 7) is 5.74. The van der Waals surface area contributed by atoms with Crippen LogP contribution in [0.15, 0.2) is 18.2 Å². The molecule has 2 N–H and O–H groups in total. The van der Waals surface area contributed by atoms with Crippen LogP contribution in [0.2, 0.25) is 0 Å². The highest BCUT2D eigenvalue weighted by molar-refractivity contribution is 6.00. The number of carboxylic acids is 1. The van der Waals surface area contributed by atoms with Crippen molar-refractivity contribution in [1.29, 1.82) is 0 Å². The normalized spacial score (nSPS) is 12.4. The van der Waals surface area contributed by atoms with Gasteiger partial charge in [0.1, 0.15) is 6.04 Å². The molecule has 0 saturated carbocycles. The van der Waals surface area contributed by atoms with E-state index in [1.165, 1.54) is 11.9 Å². The van der Waals surface area contributed by atoms with Gasteiger partial charge in [-0.2, -0.15) is 0 Å². The van der Waals surface area contributed by atoms with Crippen LogP contribution in [-0.4, -0.2) is 40.0 Å². The standard InChI is InChI=1S/C16H20N2O3/c1-5-14(16(20)21)18(4)15(19)11-6-7-13-12(8-11)9(2)10(3)17-13/h6-8,14,17H,5H2,1-4H3,(H,20,21). The van der Waals surface area contributed by atoms with E-state index < -0.39 is 12.0 Å². The van der Waals surface area contributed by atoms with Gasteiger partial charge >= 0.3 is 5.97 Å². The fraction of sp³-hybridized carbons (Fsp3) is 0.375. The second-order valence-electron chi connectivity index (χ2n) is 5.31. The van der Waals surface area contributed by atoms with E-state index in [1.807, 2.05) is 26.0 Å². The van der Waals surface area contributed by atoms with Gasteiger partial charge in [-0.15, -0.1) is 0 Å². The molecule has 0 aliphatic heterocycles. The van der Waals surface area contributed by atoms with Crippen LogP contribution in [0.3, 0.4) is 0 Å². The minimum absolute atomic E-state index is 0.274. The van der Waals surface area contributed by atoms with E-state index in [0.29, 0.717) is 12.0 Å². The number of aryl methyl sites for hydroxylation is 2. The molecule has 1 unspecified atom stereocenters. The summed E-state index contributed by atoms with van der Waals surface area (Å²) >= 11 is 0. The Kier molecular flexibility index (Phi) is 4.02. The molecule has 0 aliphatic carbocycles. The lowest BCUT2D eigenvalue weighted by atomic mass is 10.1. The van der Waals surface area contributed by atoms with Crippen molar-refractivity contribution in [2.24, 2.45) is 0 Å². The lowest BCUT2D eigenvalue weighted by molar-refractivity contribution is -0.142. The molecule has 1 aromatic carbocycles. The summed E-state index contributed by atoms with van der Waals surface area (Å²) in [4.78, 5) is 28.2. The number of rotatable bonds is 4. The lowest BCUT2D eigenvalue weighted by Gasteiger charge is -2.23. The summed E-state index contributed by atoms with van der Waals surface area (Å²) < 4.78 is 0. The zero-order valence-corrected chi connectivity index (χ0v) is 12.7. The molecule has 0 saturated heterocycles. The third-order valence-corrected chi connectivity index (χ3v) is 4.01. The van der Waals surface area contributed by atoms with Gasteiger partial charge in [-0.25, -0.2) is 4.79 Å². The fourth-order valence-corrected chi connectivity index (χ4v) is 2.55. The first-order chi connectivity index (χ1) is 9.86. The molecule has 0 bridgehead atoms. The Hall–Kier alpha value is -2.30. The summed E-state index contributed by atoms with van der Waals surface area (Å²) in [5.74, 6) is -1.26. The van der Waals surface area contributed by atoms with Crippen molar-refractivity contribution in [2.75, 3.05) is 7.05 Å². The average Bonchev–Trinajstić information content (AvgIpc) is 2.73. The van der Waals surface area contributed by atoms with Gasteiger partial charge in [0.05, 0.1) is 0 Å². The molecular weight excluding hydrogens is 268 g/mol. The number of nitrogens with zero attached hydrogens (tertiary/aromatic N) is 1. The number of benzene rings is 1. The minimum atomic E-state index is -0.983. The van der Waals surface area contributed by atoms with E-state index in [2.05, 4.69) is 4.98 Å². The van der Waals surface area contributed by atoms with Gasteiger partial charge in [-0.05, 0) is 44.0 Å². The van der Waals surface area contributed by atoms with Crippen LogP contribution in [0.5, 0.6) is 0 Å². The van der Waals surface area contributed by atoms with Crippen molar-refractivity contribution >= 4 is 22.8 Å². The maximum absolute atomic E-state index is 12.5. The number of carbonyl (C=O) groups is 2. The highest BCUT2D eigenvalue weighted by Crippen LogP contribution is 2.23. The minimum Gasteiger partial charge on any atom is -0.480 e. The molecule has 2 aromatic rings. The number of aromatic amines is 1. The molecule has 112 valence electrons. The number of hydrogen-bond donors (Lipinski definition) is 2. The van der Waals surface area contributed by atoms with Gasteiger partial charge in [0, 0.05) is 29.2 Å². The number of carbonyl (C=O) groups excluding carboxylic acids is 1. The van der Waals surface area contributed by atoms with Crippen molar-refractivity contribution in [3.63, 3.8) is 0 Å². The quantitative estimate of drug-likeness (QED) is 0.908. The number of aromatic nitrogens is 1. The summed E-state index contributed by atoms with van der Waals surface area (Å²) in [6.07, 6.45) is 0.377. The maximum Gasteiger partial charge on any atom is 0.326 e. The molecule has 5 nitrogen and oxygen atoms in total. The smallest absolute Gasteiger partial charge is 0.326 e. The van der Waals surface area contributed by atoms with E-state index in [1.54, 1.807) is 13.0 Å². The highest BCUT2D eigenvalue weighted by Gasteiger charge is 2.25. The Bertz CT molecular complexity index is 703. The Labute approximate surface area is 123 Å².